The Labute approximate surface area is 115 Å². The van der Waals surface area contributed by atoms with Gasteiger partial charge in [0.05, 0.1) is 10.5 Å². The van der Waals surface area contributed by atoms with Crippen molar-refractivity contribution in [1.29, 1.82) is 0 Å². The standard InChI is InChI=1S/C13H12ClN3O2/c1-3-9-8(2)15-13(16-12(9)14)10-6-4-5-7-11(10)17(18)19/h4-7H,3H2,1-2H3. The van der Waals surface area contributed by atoms with Gasteiger partial charge >= 0.3 is 0 Å². The van der Waals surface area contributed by atoms with Crippen LogP contribution in [0.25, 0.3) is 11.4 Å². The number of hydrogen-bond acceptors (Lipinski definition) is 4. The molecule has 0 bridgehead atoms. The molecule has 0 radical (unpaired) electrons. The van der Waals surface area contributed by atoms with E-state index in [2.05, 4.69) is 9.97 Å². The van der Waals surface area contributed by atoms with Gasteiger partial charge in [0.1, 0.15) is 5.15 Å². The Morgan fingerprint density at radius 3 is 2.58 bits per heavy atom. The molecule has 0 amide bonds. The first-order chi connectivity index (χ1) is 9.04. The molecule has 6 heteroatoms. The fourth-order valence-electron chi connectivity index (χ4n) is 1.91. The molecule has 0 saturated carbocycles. The van der Waals surface area contributed by atoms with Crippen LogP contribution < -0.4 is 0 Å². The maximum atomic E-state index is 11.0. The zero-order valence-corrected chi connectivity index (χ0v) is 11.3. The molecule has 1 aromatic carbocycles. The van der Waals surface area contributed by atoms with E-state index in [1.165, 1.54) is 6.07 Å². The Morgan fingerprint density at radius 1 is 1.32 bits per heavy atom. The molecule has 0 saturated heterocycles. The van der Waals surface area contributed by atoms with Gasteiger partial charge in [-0.3, -0.25) is 10.1 Å². The number of hydrogen-bond donors (Lipinski definition) is 0. The van der Waals surface area contributed by atoms with Crippen molar-refractivity contribution in [2.24, 2.45) is 0 Å². The monoisotopic (exact) mass is 277 g/mol. The van der Waals surface area contributed by atoms with Gasteiger partial charge in [0, 0.05) is 17.3 Å². The van der Waals surface area contributed by atoms with Crippen molar-refractivity contribution in [3.8, 4) is 11.4 Å². The highest BCUT2D eigenvalue weighted by Crippen LogP contribution is 2.29. The molecule has 0 N–H and O–H groups in total. The third-order valence-corrected chi connectivity index (χ3v) is 3.17. The quantitative estimate of drug-likeness (QED) is 0.488. The van der Waals surface area contributed by atoms with E-state index in [1.807, 2.05) is 13.8 Å². The summed E-state index contributed by atoms with van der Waals surface area (Å²) >= 11 is 6.10. The summed E-state index contributed by atoms with van der Waals surface area (Å²) in [4.78, 5) is 19.0. The number of aromatic nitrogens is 2. The summed E-state index contributed by atoms with van der Waals surface area (Å²) in [5, 5.41) is 11.4. The van der Waals surface area contributed by atoms with Crippen LogP contribution in [0.5, 0.6) is 0 Å². The van der Waals surface area contributed by atoms with E-state index in [0.29, 0.717) is 10.7 Å². The first kappa shape index (κ1) is 13.4. The number of para-hydroxylation sites is 1. The van der Waals surface area contributed by atoms with Crippen molar-refractivity contribution in [1.82, 2.24) is 9.97 Å². The summed E-state index contributed by atoms with van der Waals surface area (Å²) in [5.41, 5.74) is 1.96. The molecule has 5 nitrogen and oxygen atoms in total. The lowest BCUT2D eigenvalue weighted by Crippen LogP contribution is -2.01. The highest BCUT2D eigenvalue weighted by atomic mass is 35.5. The molecule has 1 aromatic heterocycles. The van der Waals surface area contributed by atoms with Crippen molar-refractivity contribution >= 4 is 17.3 Å². The van der Waals surface area contributed by atoms with Gasteiger partial charge < -0.3 is 0 Å². The highest BCUT2D eigenvalue weighted by Gasteiger charge is 2.18. The number of nitro benzene ring substituents is 1. The van der Waals surface area contributed by atoms with E-state index in [1.54, 1.807) is 18.2 Å². The van der Waals surface area contributed by atoms with Gasteiger partial charge in [-0.05, 0) is 19.4 Å². The molecule has 0 aliphatic rings. The Balaban J connectivity index is 2.63. The predicted octanol–water partition coefficient (Wildman–Crippen LogP) is 3.58. The van der Waals surface area contributed by atoms with E-state index < -0.39 is 4.92 Å². The minimum atomic E-state index is -0.449. The van der Waals surface area contributed by atoms with Crippen LogP contribution in [-0.2, 0) is 6.42 Å². The van der Waals surface area contributed by atoms with Crippen LogP contribution in [0.1, 0.15) is 18.2 Å². The van der Waals surface area contributed by atoms with Crippen LogP contribution in [-0.4, -0.2) is 14.9 Å². The zero-order chi connectivity index (χ0) is 14.0. The number of nitrogens with zero attached hydrogens (tertiary/aromatic N) is 3. The van der Waals surface area contributed by atoms with Crippen LogP contribution in [0.15, 0.2) is 24.3 Å². The molecular weight excluding hydrogens is 266 g/mol. The van der Waals surface area contributed by atoms with Crippen molar-refractivity contribution < 1.29 is 4.92 Å². The van der Waals surface area contributed by atoms with E-state index in [9.17, 15) is 10.1 Å². The van der Waals surface area contributed by atoms with Gasteiger partial charge in [-0.1, -0.05) is 30.7 Å². The summed E-state index contributed by atoms with van der Waals surface area (Å²) in [6, 6.07) is 6.36. The summed E-state index contributed by atoms with van der Waals surface area (Å²) in [6.45, 7) is 3.78. The first-order valence-corrected chi connectivity index (χ1v) is 6.19. The van der Waals surface area contributed by atoms with E-state index in [0.717, 1.165) is 17.7 Å². The predicted molar refractivity (Wildman–Crippen MR) is 73.2 cm³/mol. The number of rotatable bonds is 3. The molecule has 0 unspecified atom stereocenters. The summed E-state index contributed by atoms with van der Waals surface area (Å²) in [6.07, 6.45) is 0.724. The zero-order valence-electron chi connectivity index (χ0n) is 10.6. The van der Waals surface area contributed by atoms with Crippen molar-refractivity contribution in [2.45, 2.75) is 20.3 Å². The average molecular weight is 278 g/mol. The second kappa shape index (κ2) is 5.32. The van der Waals surface area contributed by atoms with Gasteiger partial charge in [0.2, 0.25) is 0 Å². The fourth-order valence-corrected chi connectivity index (χ4v) is 2.26. The smallest absolute Gasteiger partial charge is 0.258 e. The summed E-state index contributed by atoms with van der Waals surface area (Å²) < 4.78 is 0. The van der Waals surface area contributed by atoms with Gasteiger partial charge in [0.25, 0.3) is 5.69 Å². The van der Waals surface area contributed by atoms with Crippen LogP contribution in [0.4, 0.5) is 5.69 Å². The normalized spacial score (nSPS) is 10.5. The number of aryl methyl sites for hydroxylation is 1. The fraction of sp³-hybridized carbons (Fsp3) is 0.231. The molecule has 2 rings (SSSR count). The lowest BCUT2D eigenvalue weighted by atomic mass is 10.1. The first-order valence-electron chi connectivity index (χ1n) is 5.81. The molecule has 19 heavy (non-hydrogen) atoms. The second-order valence-electron chi connectivity index (χ2n) is 4.03. The second-order valence-corrected chi connectivity index (χ2v) is 4.39. The topological polar surface area (TPSA) is 68.9 Å². The van der Waals surface area contributed by atoms with Crippen LogP contribution in [0.3, 0.4) is 0 Å². The van der Waals surface area contributed by atoms with E-state index in [-0.39, 0.29) is 11.5 Å². The largest absolute Gasteiger partial charge is 0.280 e. The highest BCUT2D eigenvalue weighted by molar-refractivity contribution is 6.30. The SMILES string of the molecule is CCc1c(C)nc(-c2ccccc2[N+](=O)[O-])nc1Cl. The van der Waals surface area contributed by atoms with Gasteiger partial charge in [-0.2, -0.15) is 0 Å². The molecule has 0 fully saturated rings. The number of halogens is 1. The lowest BCUT2D eigenvalue weighted by molar-refractivity contribution is -0.384. The average Bonchev–Trinajstić information content (AvgIpc) is 2.38. The van der Waals surface area contributed by atoms with Crippen LogP contribution in [0, 0.1) is 17.0 Å². The van der Waals surface area contributed by atoms with Crippen molar-refractivity contribution in [2.75, 3.05) is 0 Å². The van der Waals surface area contributed by atoms with Gasteiger partial charge in [-0.25, -0.2) is 9.97 Å². The summed E-state index contributed by atoms with van der Waals surface area (Å²) in [7, 11) is 0. The van der Waals surface area contributed by atoms with E-state index in [4.69, 9.17) is 11.6 Å². The Morgan fingerprint density at radius 2 is 2.00 bits per heavy atom. The Bertz CT molecular complexity index is 621. The van der Waals surface area contributed by atoms with Crippen LogP contribution >= 0.6 is 11.6 Å². The Hall–Kier alpha value is -2.01. The lowest BCUT2D eigenvalue weighted by Gasteiger charge is -2.08. The number of benzene rings is 1. The molecule has 0 atom stereocenters. The van der Waals surface area contributed by atoms with Crippen molar-refractivity contribution in [3.05, 3.63) is 50.8 Å². The maximum Gasteiger partial charge on any atom is 0.280 e. The molecule has 0 aliphatic carbocycles. The molecule has 2 aromatic rings. The molecule has 0 aliphatic heterocycles. The maximum absolute atomic E-state index is 11.0. The minimum Gasteiger partial charge on any atom is -0.258 e. The molecular formula is C13H12ClN3O2. The van der Waals surface area contributed by atoms with E-state index >= 15 is 0 Å². The Kier molecular flexibility index (Phi) is 3.76. The molecule has 1 heterocycles. The molecule has 0 spiro atoms. The van der Waals surface area contributed by atoms with Gasteiger partial charge in [0.15, 0.2) is 5.82 Å². The number of nitro groups is 1. The third kappa shape index (κ3) is 2.56. The summed E-state index contributed by atoms with van der Waals surface area (Å²) in [5.74, 6) is 0.284. The van der Waals surface area contributed by atoms with Gasteiger partial charge in [-0.15, -0.1) is 0 Å². The third-order valence-electron chi connectivity index (χ3n) is 2.86. The van der Waals surface area contributed by atoms with Crippen molar-refractivity contribution in [3.63, 3.8) is 0 Å². The van der Waals surface area contributed by atoms with Crippen LogP contribution in [0.2, 0.25) is 5.15 Å². The molecule has 98 valence electrons. The minimum absolute atomic E-state index is 0.0257.